The molecule has 0 spiro atoms. The highest BCUT2D eigenvalue weighted by atomic mass is 19.4. The van der Waals surface area contributed by atoms with Crippen LogP contribution in [0.25, 0.3) is 28.1 Å². The van der Waals surface area contributed by atoms with Crippen molar-refractivity contribution in [3.63, 3.8) is 0 Å². The van der Waals surface area contributed by atoms with E-state index in [1.807, 2.05) is 0 Å². The van der Waals surface area contributed by atoms with E-state index < -0.39 is 23.2 Å². The van der Waals surface area contributed by atoms with E-state index >= 15 is 0 Å². The van der Waals surface area contributed by atoms with Gasteiger partial charge in [0.05, 0.1) is 29.3 Å². The van der Waals surface area contributed by atoms with Gasteiger partial charge in [0.15, 0.2) is 11.5 Å². The van der Waals surface area contributed by atoms with E-state index in [4.69, 9.17) is 15.6 Å². The third kappa shape index (κ3) is 5.37. The number of alkyl halides is 3. The van der Waals surface area contributed by atoms with Crippen molar-refractivity contribution in [2.45, 2.75) is 38.4 Å². The number of hydrogen-bond donors (Lipinski definition) is 2. The summed E-state index contributed by atoms with van der Waals surface area (Å²) >= 11 is 0. The van der Waals surface area contributed by atoms with Crippen molar-refractivity contribution >= 4 is 28.4 Å². The van der Waals surface area contributed by atoms with Gasteiger partial charge in [-0.25, -0.2) is 19.6 Å². The number of nitrogens with one attached hydrogen (secondary N) is 1. The van der Waals surface area contributed by atoms with Gasteiger partial charge in [-0.05, 0) is 42.7 Å². The topological polar surface area (TPSA) is 156 Å². The van der Waals surface area contributed by atoms with E-state index in [1.165, 1.54) is 12.4 Å². The van der Waals surface area contributed by atoms with Crippen LogP contribution in [0.1, 0.15) is 53.8 Å². The van der Waals surface area contributed by atoms with E-state index in [-0.39, 0.29) is 29.2 Å². The molecule has 5 aromatic rings. The lowest BCUT2D eigenvalue weighted by Crippen LogP contribution is -2.31. The van der Waals surface area contributed by atoms with Crippen LogP contribution in [0.3, 0.4) is 0 Å². The Bertz CT molecular complexity index is 1910. The maximum Gasteiger partial charge on any atom is 0.417 e. The Morgan fingerprint density at radius 2 is 1.86 bits per heavy atom. The molecule has 1 saturated heterocycles. The summed E-state index contributed by atoms with van der Waals surface area (Å²) in [5.74, 6) is -0.793. The predicted molar refractivity (Wildman–Crippen MR) is 154 cm³/mol. The first-order chi connectivity index (χ1) is 21.0. The number of carbonyl (C=O) groups is 1. The van der Waals surface area contributed by atoms with Gasteiger partial charge in [-0.2, -0.15) is 28.1 Å². The number of nitrogen functional groups attached to an aromatic ring is 1. The average molecular weight is 606 g/mol. The van der Waals surface area contributed by atoms with Crippen LogP contribution in [0.4, 0.5) is 24.7 Å². The van der Waals surface area contributed by atoms with Crippen LogP contribution >= 0.6 is 0 Å². The Morgan fingerprint density at radius 1 is 1.09 bits per heavy atom. The average Bonchev–Trinajstić information content (AvgIpc) is 3.66. The molecular weight excluding hydrogens is 579 g/mol. The van der Waals surface area contributed by atoms with Crippen molar-refractivity contribution in [2.24, 2.45) is 0 Å². The molecule has 1 aliphatic heterocycles. The number of carbonyl (C=O) groups excluding carboxylic acids is 1. The molecule has 0 bridgehead atoms. The monoisotopic (exact) mass is 605 g/mol. The van der Waals surface area contributed by atoms with E-state index in [9.17, 15) is 22.8 Å². The second-order valence-corrected chi connectivity index (χ2v) is 10.6. The summed E-state index contributed by atoms with van der Waals surface area (Å²) in [7, 11) is 0. The van der Waals surface area contributed by atoms with Gasteiger partial charge in [-0.15, -0.1) is 0 Å². The number of nitrogens with two attached hydrogens (primary N) is 1. The summed E-state index contributed by atoms with van der Waals surface area (Å²) in [5.41, 5.74) is 6.79. The normalized spacial score (nSPS) is 15.3. The van der Waals surface area contributed by atoms with E-state index in [2.05, 4.69) is 25.4 Å². The number of hydrogen-bond acceptors (Lipinski definition) is 9. The van der Waals surface area contributed by atoms with Gasteiger partial charge >= 0.3 is 6.18 Å². The Kier molecular flexibility index (Phi) is 7.33. The number of pyridine rings is 1. The molecule has 1 aromatic carbocycles. The number of fused-ring (bicyclic) bond motifs is 1. The second kappa shape index (κ2) is 11.1. The smallest absolute Gasteiger partial charge is 0.383 e. The Labute approximate surface area is 247 Å². The van der Waals surface area contributed by atoms with Crippen LogP contribution in [-0.4, -0.2) is 53.6 Å². The minimum absolute atomic E-state index is 0.0111. The molecule has 0 aliphatic carbocycles. The van der Waals surface area contributed by atoms with Crippen LogP contribution in [0.2, 0.25) is 0 Å². The van der Waals surface area contributed by atoms with Crippen LogP contribution in [0.5, 0.6) is 0 Å². The number of aromatic nitrogens is 7. The highest BCUT2D eigenvalue weighted by Gasteiger charge is 2.31. The van der Waals surface area contributed by atoms with Crippen molar-refractivity contribution < 1.29 is 22.7 Å². The number of amides is 1. The summed E-state index contributed by atoms with van der Waals surface area (Å²) in [6.45, 7) is 4.74. The Morgan fingerprint density at radius 3 is 2.50 bits per heavy atom. The molecule has 15 heteroatoms. The first-order valence-corrected chi connectivity index (χ1v) is 13.7. The molecule has 0 saturated carbocycles. The third-order valence-corrected chi connectivity index (χ3v) is 7.24. The van der Waals surface area contributed by atoms with E-state index in [0.717, 1.165) is 23.2 Å². The lowest BCUT2D eigenvalue weighted by molar-refractivity contribution is -0.137. The molecule has 226 valence electrons. The molecule has 5 heterocycles. The largest absolute Gasteiger partial charge is 0.417 e. The van der Waals surface area contributed by atoms with Crippen LogP contribution < -0.4 is 16.6 Å². The lowest BCUT2D eigenvalue weighted by atomic mass is 10.1. The number of benzene rings is 1. The fourth-order valence-electron chi connectivity index (χ4n) is 4.87. The molecule has 1 atom stereocenters. The van der Waals surface area contributed by atoms with Gasteiger partial charge in [0, 0.05) is 24.1 Å². The van der Waals surface area contributed by atoms with Gasteiger partial charge in [0.1, 0.15) is 23.4 Å². The highest BCUT2D eigenvalue weighted by molar-refractivity contribution is 6.04. The molecule has 1 fully saturated rings. The fourth-order valence-corrected chi connectivity index (χ4v) is 4.87. The number of nitrogens with zero attached hydrogens (tertiary/aromatic N) is 7. The quantitative estimate of drug-likeness (QED) is 0.287. The molecule has 6 rings (SSSR count). The summed E-state index contributed by atoms with van der Waals surface area (Å²) in [6, 6.07) is 10.0. The molecule has 1 amide bonds. The maximum absolute atomic E-state index is 13.3. The predicted octanol–water partition coefficient (Wildman–Crippen LogP) is 4.37. The van der Waals surface area contributed by atoms with Crippen LogP contribution in [-0.2, 0) is 10.9 Å². The maximum atomic E-state index is 13.3. The second-order valence-electron chi connectivity index (χ2n) is 10.6. The van der Waals surface area contributed by atoms with Gasteiger partial charge in [0.2, 0.25) is 0 Å². The third-order valence-electron chi connectivity index (χ3n) is 7.24. The Balaban J connectivity index is 1.30. The fraction of sp³-hybridized carbons (Fsp3) is 0.276. The van der Waals surface area contributed by atoms with Crippen LogP contribution in [0.15, 0.2) is 59.8 Å². The molecule has 44 heavy (non-hydrogen) atoms. The molecule has 0 radical (unpaired) electrons. The SMILES string of the molecule is CC(C)c1cc(C(=O)Nc2ccc(-c3nn(C4CCOC4)c4ncnc(N)c34)cc2)c(=O)n(-c2ccc(C(F)(F)F)cn2)n1. The highest BCUT2D eigenvalue weighted by Crippen LogP contribution is 2.34. The van der Waals surface area contributed by atoms with Crippen molar-refractivity contribution in [3.05, 3.63) is 82.2 Å². The van der Waals surface area contributed by atoms with Crippen molar-refractivity contribution in [1.82, 2.24) is 34.5 Å². The van der Waals surface area contributed by atoms with Crippen molar-refractivity contribution in [3.8, 4) is 17.1 Å². The molecule has 1 aliphatic rings. The number of rotatable bonds is 6. The number of ether oxygens (including phenoxy) is 1. The standard InChI is InChI=1S/C29H26F3N9O3/c1-15(2)21-11-20(28(43)41(38-21)22-8-5-17(12-34-22)29(30,31)32)27(42)37-18-6-3-16(4-7-18)24-23-25(33)35-14-36-26(23)40(39-24)19-9-10-44-13-19/h3-8,11-12,14-15,19H,9-10,13H2,1-2H3,(H,37,42)(H2,33,35,36). The van der Waals surface area contributed by atoms with Crippen molar-refractivity contribution in [1.29, 1.82) is 0 Å². The minimum atomic E-state index is -4.59. The first-order valence-electron chi connectivity index (χ1n) is 13.7. The summed E-state index contributed by atoms with van der Waals surface area (Å²) < 4.78 is 47.2. The zero-order chi connectivity index (χ0) is 31.2. The molecule has 1 unspecified atom stereocenters. The zero-order valence-electron chi connectivity index (χ0n) is 23.5. The van der Waals surface area contributed by atoms with E-state index in [1.54, 1.807) is 42.8 Å². The lowest BCUT2D eigenvalue weighted by Gasteiger charge is -2.13. The first kappa shape index (κ1) is 28.9. The van der Waals surface area contributed by atoms with Crippen LogP contribution in [0, 0.1) is 0 Å². The van der Waals surface area contributed by atoms with E-state index in [0.29, 0.717) is 53.1 Å². The molecule has 3 N–H and O–H groups in total. The van der Waals surface area contributed by atoms with Gasteiger partial charge in [-0.3, -0.25) is 9.59 Å². The van der Waals surface area contributed by atoms with Gasteiger partial charge in [0.25, 0.3) is 11.5 Å². The van der Waals surface area contributed by atoms with Crippen molar-refractivity contribution in [2.75, 3.05) is 24.3 Å². The zero-order valence-corrected chi connectivity index (χ0v) is 23.5. The summed E-state index contributed by atoms with van der Waals surface area (Å²) in [6.07, 6.45) is -1.81. The molecule has 12 nitrogen and oxygen atoms in total. The Hall–Kier alpha value is -5.18. The summed E-state index contributed by atoms with van der Waals surface area (Å²) in [5, 5.41) is 12.3. The number of halogens is 3. The summed E-state index contributed by atoms with van der Waals surface area (Å²) in [4.78, 5) is 38.9. The molecule has 4 aromatic heterocycles. The number of anilines is 2. The molecular formula is C29H26F3N9O3. The van der Waals surface area contributed by atoms with Gasteiger partial charge in [-0.1, -0.05) is 26.0 Å². The minimum Gasteiger partial charge on any atom is -0.383 e. The van der Waals surface area contributed by atoms with Gasteiger partial charge < -0.3 is 15.8 Å².